The predicted molar refractivity (Wildman–Crippen MR) is 80.1 cm³/mol. The van der Waals surface area contributed by atoms with Gasteiger partial charge in [0.1, 0.15) is 4.90 Å². The van der Waals surface area contributed by atoms with Gasteiger partial charge in [-0.3, -0.25) is 9.71 Å². The van der Waals surface area contributed by atoms with E-state index in [1.807, 2.05) is 13.0 Å². The van der Waals surface area contributed by atoms with E-state index in [0.29, 0.717) is 16.9 Å². The molecule has 0 saturated carbocycles. The number of pyridine rings is 1. The Morgan fingerprint density at radius 1 is 1.24 bits per heavy atom. The molecule has 2 aromatic rings. The first-order valence-electron chi connectivity index (χ1n) is 6.10. The molecule has 0 aliphatic rings. The Morgan fingerprint density at radius 2 is 1.95 bits per heavy atom. The molecule has 0 aliphatic heterocycles. The third-order valence-corrected chi connectivity index (χ3v) is 4.34. The molecular formula is C14H14N4O2S. The van der Waals surface area contributed by atoms with Gasteiger partial charge in [-0.2, -0.15) is 5.26 Å². The number of nitrogens with zero attached hydrogens (tertiary/aromatic N) is 2. The largest absolute Gasteiger partial charge is 0.398 e. The van der Waals surface area contributed by atoms with Crippen LogP contribution in [0, 0.1) is 25.2 Å². The third kappa shape index (κ3) is 3.12. The molecule has 6 nitrogen and oxygen atoms in total. The monoisotopic (exact) mass is 302 g/mol. The quantitative estimate of drug-likeness (QED) is 0.842. The minimum Gasteiger partial charge on any atom is -0.398 e. The molecule has 0 fully saturated rings. The summed E-state index contributed by atoms with van der Waals surface area (Å²) in [5.41, 5.74) is 7.81. The van der Waals surface area contributed by atoms with E-state index in [0.717, 1.165) is 5.69 Å². The van der Waals surface area contributed by atoms with Gasteiger partial charge >= 0.3 is 0 Å². The van der Waals surface area contributed by atoms with Crippen LogP contribution in [0.1, 0.15) is 17.0 Å². The van der Waals surface area contributed by atoms with E-state index in [1.165, 1.54) is 18.2 Å². The van der Waals surface area contributed by atoms with Crippen molar-refractivity contribution in [1.29, 1.82) is 5.26 Å². The molecule has 0 amide bonds. The van der Waals surface area contributed by atoms with E-state index in [4.69, 9.17) is 11.0 Å². The van der Waals surface area contributed by atoms with Crippen LogP contribution < -0.4 is 10.5 Å². The van der Waals surface area contributed by atoms with E-state index in [9.17, 15) is 8.42 Å². The molecule has 0 saturated heterocycles. The van der Waals surface area contributed by atoms with Crippen molar-refractivity contribution in [3.05, 3.63) is 47.3 Å². The fourth-order valence-corrected chi connectivity index (χ4v) is 3.09. The van der Waals surface area contributed by atoms with Gasteiger partial charge in [0.05, 0.1) is 28.7 Å². The van der Waals surface area contributed by atoms with Crippen LogP contribution in [0.3, 0.4) is 0 Å². The summed E-state index contributed by atoms with van der Waals surface area (Å²) < 4.78 is 27.2. The maximum atomic E-state index is 12.4. The zero-order chi connectivity index (χ0) is 15.6. The maximum absolute atomic E-state index is 12.4. The van der Waals surface area contributed by atoms with Crippen LogP contribution in [0.25, 0.3) is 0 Å². The normalized spacial score (nSPS) is 10.9. The second kappa shape index (κ2) is 5.42. The van der Waals surface area contributed by atoms with Crippen LogP contribution in [0.5, 0.6) is 0 Å². The van der Waals surface area contributed by atoms with Crippen LogP contribution in [0.4, 0.5) is 11.4 Å². The highest BCUT2D eigenvalue weighted by Gasteiger charge is 2.19. The first-order valence-corrected chi connectivity index (χ1v) is 7.58. The Labute approximate surface area is 123 Å². The maximum Gasteiger partial charge on any atom is 0.264 e. The van der Waals surface area contributed by atoms with Gasteiger partial charge in [0.25, 0.3) is 10.0 Å². The van der Waals surface area contributed by atoms with Crippen LogP contribution in [-0.4, -0.2) is 13.4 Å². The van der Waals surface area contributed by atoms with Crippen molar-refractivity contribution in [2.24, 2.45) is 0 Å². The number of rotatable bonds is 3. The standard InChI is InChI=1S/C14H14N4O2S/c1-9-3-5-13(10(2)17-9)18-21(19,20)14-6-4-11(8-15)7-12(14)16/h3-7,18H,16H2,1-2H3. The third-order valence-electron chi connectivity index (χ3n) is 2.90. The Balaban J connectivity index is 2.41. The molecule has 2 rings (SSSR count). The molecule has 0 unspecified atom stereocenters. The molecule has 21 heavy (non-hydrogen) atoms. The molecule has 1 heterocycles. The predicted octanol–water partition coefficient (Wildman–Crippen LogP) is 1.95. The average Bonchev–Trinajstić information content (AvgIpc) is 2.41. The number of nitrogen functional groups attached to an aromatic ring is 1. The second-order valence-electron chi connectivity index (χ2n) is 4.56. The number of hydrogen-bond donors (Lipinski definition) is 2. The van der Waals surface area contributed by atoms with Crippen molar-refractivity contribution < 1.29 is 8.42 Å². The van der Waals surface area contributed by atoms with Crippen LogP contribution in [-0.2, 0) is 10.0 Å². The van der Waals surface area contributed by atoms with Gasteiger partial charge in [-0.05, 0) is 44.2 Å². The van der Waals surface area contributed by atoms with E-state index in [2.05, 4.69) is 9.71 Å². The Morgan fingerprint density at radius 3 is 2.52 bits per heavy atom. The van der Waals surface area contributed by atoms with Gasteiger partial charge in [-0.25, -0.2) is 8.42 Å². The SMILES string of the molecule is Cc1ccc(NS(=O)(=O)c2ccc(C#N)cc2N)c(C)n1. The molecule has 0 aliphatic carbocycles. The molecule has 0 bridgehead atoms. The Kier molecular flexibility index (Phi) is 3.82. The lowest BCUT2D eigenvalue weighted by Gasteiger charge is -2.12. The molecular weight excluding hydrogens is 288 g/mol. The van der Waals surface area contributed by atoms with Crippen LogP contribution in [0.15, 0.2) is 35.2 Å². The molecule has 0 radical (unpaired) electrons. The molecule has 0 atom stereocenters. The number of anilines is 2. The van der Waals surface area contributed by atoms with Crippen molar-refractivity contribution >= 4 is 21.4 Å². The lowest BCUT2D eigenvalue weighted by Crippen LogP contribution is -2.16. The summed E-state index contributed by atoms with van der Waals surface area (Å²) in [4.78, 5) is 4.13. The number of nitriles is 1. The van der Waals surface area contributed by atoms with Crippen molar-refractivity contribution in [3.63, 3.8) is 0 Å². The van der Waals surface area contributed by atoms with E-state index < -0.39 is 10.0 Å². The number of nitrogens with one attached hydrogen (secondary N) is 1. The number of hydrogen-bond acceptors (Lipinski definition) is 5. The van der Waals surface area contributed by atoms with E-state index in [-0.39, 0.29) is 10.6 Å². The van der Waals surface area contributed by atoms with Crippen LogP contribution >= 0.6 is 0 Å². The summed E-state index contributed by atoms with van der Waals surface area (Å²) in [6.45, 7) is 3.54. The van der Waals surface area contributed by atoms with Crippen molar-refractivity contribution in [3.8, 4) is 6.07 Å². The minimum absolute atomic E-state index is 0.0271. The molecule has 3 N–H and O–H groups in total. The lowest BCUT2D eigenvalue weighted by atomic mass is 10.2. The molecule has 7 heteroatoms. The Hall–Kier alpha value is -2.59. The lowest BCUT2D eigenvalue weighted by molar-refractivity contribution is 0.601. The summed E-state index contributed by atoms with van der Waals surface area (Å²) >= 11 is 0. The summed E-state index contributed by atoms with van der Waals surface area (Å²) in [6, 6.07) is 9.32. The number of aryl methyl sites for hydroxylation is 2. The summed E-state index contributed by atoms with van der Waals surface area (Å²) in [7, 11) is -3.83. The zero-order valence-electron chi connectivity index (χ0n) is 11.6. The van der Waals surface area contributed by atoms with Crippen LogP contribution in [0.2, 0.25) is 0 Å². The highest BCUT2D eigenvalue weighted by atomic mass is 32.2. The summed E-state index contributed by atoms with van der Waals surface area (Å²) in [6.07, 6.45) is 0. The molecule has 1 aromatic carbocycles. The number of aromatic nitrogens is 1. The molecule has 108 valence electrons. The fraction of sp³-hybridized carbons (Fsp3) is 0.143. The van der Waals surface area contributed by atoms with Gasteiger partial charge in [-0.1, -0.05) is 0 Å². The first-order chi connectivity index (χ1) is 9.83. The fourth-order valence-electron chi connectivity index (χ4n) is 1.86. The smallest absolute Gasteiger partial charge is 0.264 e. The van der Waals surface area contributed by atoms with Crippen molar-refractivity contribution in [2.45, 2.75) is 18.7 Å². The van der Waals surface area contributed by atoms with Gasteiger partial charge in [0.2, 0.25) is 0 Å². The van der Waals surface area contributed by atoms with Crippen molar-refractivity contribution in [2.75, 3.05) is 10.5 Å². The number of nitrogens with two attached hydrogens (primary N) is 1. The average molecular weight is 302 g/mol. The summed E-state index contributed by atoms with van der Waals surface area (Å²) in [5, 5.41) is 8.77. The number of sulfonamides is 1. The van der Waals surface area contributed by atoms with E-state index in [1.54, 1.807) is 19.1 Å². The zero-order valence-corrected chi connectivity index (χ0v) is 12.4. The van der Waals surface area contributed by atoms with Gasteiger partial charge in [0.15, 0.2) is 0 Å². The first kappa shape index (κ1) is 14.8. The highest BCUT2D eigenvalue weighted by Crippen LogP contribution is 2.23. The van der Waals surface area contributed by atoms with Gasteiger partial charge in [0, 0.05) is 5.69 Å². The highest BCUT2D eigenvalue weighted by molar-refractivity contribution is 7.92. The second-order valence-corrected chi connectivity index (χ2v) is 6.21. The van der Waals surface area contributed by atoms with Crippen molar-refractivity contribution in [1.82, 2.24) is 4.98 Å². The molecule has 1 aromatic heterocycles. The minimum atomic E-state index is -3.83. The van der Waals surface area contributed by atoms with Gasteiger partial charge < -0.3 is 5.73 Å². The summed E-state index contributed by atoms with van der Waals surface area (Å²) in [5.74, 6) is 0. The molecule has 0 spiro atoms. The van der Waals surface area contributed by atoms with E-state index >= 15 is 0 Å². The Bertz CT molecular complexity index is 839. The number of benzene rings is 1. The van der Waals surface area contributed by atoms with Gasteiger partial charge in [-0.15, -0.1) is 0 Å². The topological polar surface area (TPSA) is 109 Å².